The molecule has 12 heavy (non-hydrogen) atoms. The number of rotatable bonds is 0. The fraction of sp³-hybridized carbons (Fsp3) is 0.571. The highest BCUT2D eigenvalue weighted by Crippen LogP contribution is 1.95. The van der Waals surface area contributed by atoms with Crippen LogP contribution < -0.4 is 10.6 Å². The highest BCUT2D eigenvalue weighted by molar-refractivity contribution is 6.01. The van der Waals surface area contributed by atoms with E-state index >= 15 is 0 Å². The lowest BCUT2D eigenvalue weighted by molar-refractivity contribution is -0.124. The van der Waals surface area contributed by atoms with Crippen molar-refractivity contribution in [2.45, 2.75) is 12.8 Å². The van der Waals surface area contributed by atoms with Crippen molar-refractivity contribution in [2.75, 3.05) is 13.1 Å². The van der Waals surface area contributed by atoms with Gasteiger partial charge in [-0.15, -0.1) is 0 Å². The van der Waals surface area contributed by atoms with Gasteiger partial charge in [0.25, 0.3) is 0 Å². The zero-order valence-corrected chi connectivity index (χ0v) is 6.67. The fourth-order valence-corrected chi connectivity index (χ4v) is 0.830. The third kappa shape index (κ3) is 3.14. The van der Waals surface area contributed by atoms with Gasteiger partial charge in [0.15, 0.2) is 0 Å². The molecule has 2 N–H and O–H groups in total. The summed E-state index contributed by atoms with van der Waals surface area (Å²) in [6.45, 7) is 1.99. The molecule has 0 radical (unpaired) electrons. The Morgan fingerprint density at radius 2 is 1.92 bits per heavy atom. The zero-order valence-electron chi connectivity index (χ0n) is 6.67. The molecule has 0 aromatic heterocycles. The number of carbonyl (C=O) groups excluding carboxylic acids is 2. The Morgan fingerprint density at radius 3 is 2.08 bits per heavy atom. The smallest absolute Gasteiger partial charge is 0.227 e. The van der Waals surface area contributed by atoms with Crippen LogP contribution in [0.4, 0.5) is 0 Å². The monoisotopic (exact) mass is 169 g/mol. The van der Waals surface area contributed by atoms with Crippen LogP contribution in [0, 0.1) is 0 Å². The van der Waals surface area contributed by atoms with Gasteiger partial charge in [-0.3, -0.25) is 19.9 Å². The summed E-state index contributed by atoms with van der Waals surface area (Å²) in [6, 6.07) is 0. The van der Waals surface area contributed by atoms with Gasteiger partial charge in [-0.1, -0.05) is 0 Å². The van der Waals surface area contributed by atoms with Gasteiger partial charge < -0.3 is 5.32 Å². The van der Waals surface area contributed by atoms with Crippen molar-refractivity contribution in [2.24, 2.45) is 4.99 Å². The molecule has 2 aliphatic rings. The van der Waals surface area contributed by atoms with E-state index in [0.29, 0.717) is 12.8 Å². The summed E-state index contributed by atoms with van der Waals surface area (Å²) in [5.74, 6) is -0.296. The topological polar surface area (TPSA) is 70.6 Å². The van der Waals surface area contributed by atoms with Gasteiger partial charge in [0.05, 0.1) is 12.9 Å². The Balaban J connectivity index is 0.000000127. The van der Waals surface area contributed by atoms with E-state index in [-0.39, 0.29) is 11.8 Å². The van der Waals surface area contributed by atoms with Gasteiger partial charge in [0, 0.05) is 19.4 Å². The van der Waals surface area contributed by atoms with Crippen LogP contribution in [-0.2, 0) is 9.59 Å². The number of carbonyl (C=O) groups is 2. The average Bonchev–Trinajstić information content (AvgIpc) is 2.63. The number of hydrogen-bond acceptors (Lipinski definition) is 4. The third-order valence-electron chi connectivity index (χ3n) is 1.43. The SMILES string of the molecule is C1=NCCN1.O=C1CCC(=O)N1. The van der Waals surface area contributed by atoms with Crippen LogP contribution in [0.15, 0.2) is 4.99 Å². The van der Waals surface area contributed by atoms with Gasteiger partial charge in [-0.05, 0) is 0 Å². The number of nitrogens with one attached hydrogen (secondary N) is 2. The first-order chi connectivity index (χ1) is 5.79. The van der Waals surface area contributed by atoms with E-state index in [1.54, 1.807) is 6.34 Å². The molecule has 0 saturated carbocycles. The van der Waals surface area contributed by atoms with Crippen LogP contribution in [0.5, 0.6) is 0 Å². The molecule has 0 unspecified atom stereocenters. The summed E-state index contributed by atoms with van der Waals surface area (Å²) in [5, 5.41) is 5.07. The Morgan fingerprint density at radius 1 is 1.25 bits per heavy atom. The van der Waals surface area contributed by atoms with E-state index in [9.17, 15) is 9.59 Å². The highest BCUT2D eigenvalue weighted by Gasteiger charge is 2.15. The average molecular weight is 169 g/mol. The predicted molar refractivity (Wildman–Crippen MR) is 43.7 cm³/mol. The molecule has 66 valence electrons. The molecular weight excluding hydrogens is 158 g/mol. The second kappa shape index (κ2) is 4.48. The standard InChI is InChI=1S/C4H5NO2.C3H6N2/c6-3-1-2-4(7)5-3;1-2-5-3-4-1/h1-2H2,(H,5,6,7);3H,1-2H2,(H,4,5). The van der Waals surface area contributed by atoms with Crippen molar-refractivity contribution in [1.82, 2.24) is 10.6 Å². The first-order valence-corrected chi connectivity index (χ1v) is 3.83. The quantitative estimate of drug-likeness (QED) is 0.459. The van der Waals surface area contributed by atoms with Crippen LogP contribution in [0.3, 0.4) is 0 Å². The normalized spacial score (nSPS) is 19.7. The molecule has 2 aliphatic heterocycles. The van der Waals surface area contributed by atoms with Gasteiger partial charge >= 0.3 is 0 Å². The number of amides is 2. The van der Waals surface area contributed by atoms with Crippen LogP contribution in [-0.4, -0.2) is 31.2 Å². The molecule has 0 bridgehead atoms. The van der Waals surface area contributed by atoms with Gasteiger partial charge in [0.1, 0.15) is 0 Å². The van der Waals surface area contributed by atoms with Crippen molar-refractivity contribution < 1.29 is 9.59 Å². The van der Waals surface area contributed by atoms with Gasteiger partial charge in [-0.25, -0.2) is 0 Å². The van der Waals surface area contributed by atoms with E-state index < -0.39 is 0 Å². The molecule has 0 aromatic rings. The minimum Gasteiger partial charge on any atom is -0.375 e. The van der Waals surface area contributed by atoms with Gasteiger partial charge in [0.2, 0.25) is 11.8 Å². The first kappa shape index (κ1) is 8.70. The second-order valence-electron chi connectivity index (χ2n) is 2.46. The Labute approximate surface area is 70.2 Å². The van der Waals surface area contributed by atoms with Crippen LogP contribution in [0.25, 0.3) is 0 Å². The summed E-state index contributed by atoms with van der Waals surface area (Å²) in [5.41, 5.74) is 0. The maximum atomic E-state index is 10.1. The molecule has 5 nitrogen and oxygen atoms in total. The number of hydrogen-bond donors (Lipinski definition) is 2. The molecule has 0 aliphatic carbocycles. The van der Waals surface area contributed by atoms with E-state index in [1.165, 1.54) is 0 Å². The summed E-state index contributed by atoms with van der Waals surface area (Å²) in [6.07, 6.45) is 2.48. The fourth-order valence-electron chi connectivity index (χ4n) is 0.830. The summed E-state index contributed by atoms with van der Waals surface area (Å²) >= 11 is 0. The zero-order chi connectivity index (χ0) is 8.81. The van der Waals surface area contributed by atoms with Gasteiger partial charge in [-0.2, -0.15) is 0 Å². The molecular formula is C7H11N3O2. The molecule has 1 saturated heterocycles. The number of nitrogens with zero attached hydrogens (tertiary/aromatic N) is 1. The largest absolute Gasteiger partial charge is 0.375 e. The third-order valence-corrected chi connectivity index (χ3v) is 1.43. The predicted octanol–water partition coefficient (Wildman–Crippen LogP) is -0.959. The maximum Gasteiger partial charge on any atom is 0.227 e. The van der Waals surface area contributed by atoms with Crippen molar-refractivity contribution in [3.05, 3.63) is 0 Å². The Kier molecular flexibility index (Phi) is 3.25. The Bertz CT molecular complexity index is 193. The second-order valence-corrected chi connectivity index (χ2v) is 2.46. The van der Waals surface area contributed by atoms with E-state index in [1.807, 2.05) is 0 Å². The lowest BCUT2D eigenvalue weighted by Gasteiger charge is -1.79. The summed E-state index contributed by atoms with van der Waals surface area (Å²) in [4.78, 5) is 24.1. The Hall–Kier alpha value is -1.39. The molecule has 0 aromatic carbocycles. The molecule has 0 spiro atoms. The van der Waals surface area contributed by atoms with Crippen LogP contribution >= 0.6 is 0 Å². The lowest BCUT2D eigenvalue weighted by atomic mass is 10.4. The van der Waals surface area contributed by atoms with Crippen molar-refractivity contribution in [3.63, 3.8) is 0 Å². The summed E-state index contributed by atoms with van der Waals surface area (Å²) in [7, 11) is 0. The van der Waals surface area contributed by atoms with E-state index in [2.05, 4.69) is 15.6 Å². The van der Waals surface area contributed by atoms with Crippen molar-refractivity contribution in [1.29, 1.82) is 0 Å². The van der Waals surface area contributed by atoms with Crippen LogP contribution in [0.2, 0.25) is 0 Å². The highest BCUT2D eigenvalue weighted by atomic mass is 16.2. The molecule has 2 rings (SSSR count). The minimum atomic E-state index is -0.148. The minimum absolute atomic E-state index is 0.148. The first-order valence-electron chi connectivity index (χ1n) is 3.83. The molecule has 2 amide bonds. The van der Waals surface area contributed by atoms with E-state index in [0.717, 1.165) is 13.1 Å². The van der Waals surface area contributed by atoms with E-state index in [4.69, 9.17) is 0 Å². The lowest BCUT2D eigenvalue weighted by Crippen LogP contribution is -2.18. The number of imide groups is 1. The van der Waals surface area contributed by atoms with Crippen molar-refractivity contribution in [3.8, 4) is 0 Å². The molecule has 2 heterocycles. The van der Waals surface area contributed by atoms with Crippen LogP contribution in [0.1, 0.15) is 12.8 Å². The summed E-state index contributed by atoms with van der Waals surface area (Å²) < 4.78 is 0. The molecule has 0 atom stereocenters. The van der Waals surface area contributed by atoms with Crippen molar-refractivity contribution >= 4 is 18.2 Å². The maximum absolute atomic E-state index is 10.1. The molecule has 5 heteroatoms. The number of aliphatic imine (C=N–C) groups is 1. The molecule has 1 fully saturated rings.